The summed E-state index contributed by atoms with van der Waals surface area (Å²) in [6, 6.07) is 9.41. The molecule has 0 radical (unpaired) electrons. The van der Waals surface area contributed by atoms with Crippen molar-refractivity contribution in [3.63, 3.8) is 0 Å². The van der Waals surface area contributed by atoms with Crippen molar-refractivity contribution in [1.82, 2.24) is 4.90 Å². The summed E-state index contributed by atoms with van der Waals surface area (Å²) in [5.74, 6) is 3.83. The average Bonchev–Trinajstić information content (AvgIpc) is 2.93. The van der Waals surface area contributed by atoms with Crippen LogP contribution in [-0.2, 0) is 11.2 Å². The van der Waals surface area contributed by atoms with Crippen LogP contribution in [0.15, 0.2) is 36.9 Å². The van der Waals surface area contributed by atoms with Gasteiger partial charge in [-0.3, -0.25) is 4.79 Å². The largest absolute Gasteiger partial charge is 0.342 e. The summed E-state index contributed by atoms with van der Waals surface area (Å²) in [6.07, 6.45) is 26.8. The molecule has 2 heteroatoms. The molecular formula is C34H55NO. The summed E-state index contributed by atoms with van der Waals surface area (Å²) in [7, 11) is 1.85. The molecule has 1 amide bonds. The van der Waals surface area contributed by atoms with E-state index in [-0.39, 0.29) is 5.91 Å². The molecule has 1 aromatic rings. The number of aryl methyl sites for hydroxylation is 1. The Morgan fingerprint density at radius 1 is 0.833 bits per heavy atom. The lowest BCUT2D eigenvalue weighted by atomic mass is 9.68. The molecule has 0 saturated heterocycles. The number of benzene rings is 1. The molecule has 3 rings (SSSR count). The molecule has 1 aromatic carbocycles. The number of unbranched alkanes of at least 4 members (excludes halogenated alkanes) is 6. The van der Waals surface area contributed by atoms with E-state index < -0.39 is 0 Å². The third-order valence-corrected chi connectivity index (χ3v) is 9.51. The summed E-state index contributed by atoms with van der Waals surface area (Å²) in [5, 5.41) is 0. The number of likely N-dealkylation sites (N-methyl/N-ethyl adjacent to an activating group) is 1. The van der Waals surface area contributed by atoms with Crippen molar-refractivity contribution in [3.05, 3.63) is 48.0 Å². The third-order valence-electron chi connectivity index (χ3n) is 9.51. The molecule has 2 aliphatic rings. The number of rotatable bonds is 15. The van der Waals surface area contributed by atoms with Gasteiger partial charge >= 0.3 is 0 Å². The minimum atomic E-state index is 0.0116. The van der Waals surface area contributed by atoms with E-state index in [2.05, 4.69) is 37.8 Å². The first-order valence-electron chi connectivity index (χ1n) is 15.6. The van der Waals surface area contributed by atoms with Crippen molar-refractivity contribution in [1.29, 1.82) is 0 Å². The van der Waals surface area contributed by atoms with Crippen LogP contribution >= 0.6 is 0 Å². The van der Waals surface area contributed by atoms with Crippen LogP contribution in [0.2, 0.25) is 0 Å². The van der Waals surface area contributed by atoms with Gasteiger partial charge in [0.2, 0.25) is 5.91 Å². The molecule has 0 aromatic heterocycles. The molecule has 2 aliphatic carbocycles. The Labute approximate surface area is 223 Å². The number of hydrogen-bond donors (Lipinski definition) is 0. The zero-order valence-corrected chi connectivity index (χ0v) is 23.7. The molecule has 0 aliphatic heterocycles. The van der Waals surface area contributed by atoms with Gasteiger partial charge in [-0.25, -0.2) is 0 Å². The van der Waals surface area contributed by atoms with Gasteiger partial charge in [0.05, 0.1) is 0 Å². The second-order valence-electron chi connectivity index (χ2n) is 12.1. The number of carbonyl (C=O) groups excluding carboxylic acids is 1. The van der Waals surface area contributed by atoms with Gasteiger partial charge in [0.15, 0.2) is 0 Å². The summed E-state index contributed by atoms with van der Waals surface area (Å²) in [5.41, 5.74) is 2.94. The predicted molar refractivity (Wildman–Crippen MR) is 155 cm³/mol. The van der Waals surface area contributed by atoms with Crippen LogP contribution in [0.1, 0.15) is 133 Å². The second-order valence-corrected chi connectivity index (χ2v) is 12.1. The van der Waals surface area contributed by atoms with Crippen LogP contribution in [0.5, 0.6) is 0 Å². The summed E-state index contributed by atoms with van der Waals surface area (Å²) < 4.78 is 0. The second kappa shape index (κ2) is 16.3. The van der Waals surface area contributed by atoms with E-state index in [1.54, 1.807) is 10.5 Å². The highest BCUT2D eigenvalue weighted by Gasteiger charge is 2.31. The van der Waals surface area contributed by atoms with Crippen molar-refractivity contribution in [3.8, 4) is 0 Å². The topological polar surface area (TPSA) is 20.3 Å². The first-order chi connectivity index (χ1) is 17.6. The van der Waals surface area contributed by atoms with E-state index in [0.29, 0.717) is 0 Å². The summed E-state index contributed by atoms with van der Waals surface area (Å²) >= 11 is 0. The molecule has 0 N–H and O–H groups in total. The standard InChI is InChI=1S/C34H55NO/c1-4-6-7-8-9-10-11-13-28-15-19-30(20-16-28)32-23-25-33(26-24-32)31-21-17-29(18-22-31)14-12-27-35(3)34(36)5-2/h5,17-18,21-22,28,30,32-33H,2,4,6-16,19-20,23-27H2,1,3H3. The minimum Gasteiger partial charge on any atom is -0.342 e. The lowest BCUT2D eigenvalue weighted by Gasteiger charge is -2.38. The van der Waals surface area contributed by atoms with Gasteiger partial charge in [0.1, 0.15) is 0 Å². The number of nitrogens with zero attached hydrogens (tertiary/aromatic N) is 1. The Kier molecular flexibility index (Phi) is 13.1. The fraction of sp³-hybridized carbons (Fsp3) is 0.735. The van der Waals surface area contributed by atoms with Gasteiger partial charge in [-0.1, -0.05) is 102 Å². The van der Waals surface area contributed by atoms with Crippen LogP contribution in [0.4, 0.5) is 0 Å². The van der Waals surface area contributed by atoms with E-state index >= 15 is 0 Å². The highest BCUT2D eigenvalue weighted by atomic mass is 16.2. The average molecular weight is 494 g/mol. The van der Waals surface area contributed by atoms with Crippen molar-refractivity contribution in [2.24, 2.45) is 17.8 Å². The third kappa shape index (κ3) is 9.71. The van der Waals surface area contributed by atoms with E-state index in [1.807, 2.05) is 7.05 Å². The first kappa shape index (κ1) is 29.0. The molecule has 202 valence electrons. The van der Waals surface area contributed by atoms with E-state index in [4.69, 9.17) is 0 Å². The number of amides is 1. The molecule has 0 spiro atoms. The normalized spacial score (nSPS) is 24.4. The highest BCUT2D eigenvalue weighted by molar-refractivity contribution is 5.86. The SMILES string of the molecule is C=CC(=O)N(C)CCCc1ccc(C2CCC(C3CCC(CCCCCCCCC)CC3)CC2)cc1. The van der Waals surface area contributed by atoms with Gasteiger partial charge in [0.25, 0.3) is 0 Å². The van der Waals surface area contributed by atoms with Crippen molar-refractivity contribution in [2.45, 2.75) is 128 Å². The Morgan fingerprint density at radius 2 is 1.42 bits per heavy atom. The Bertz CT molecular complexity index is 737. The maximum Gasteiger partial charge on any atom is 0.245 e. The maximum absolute atomic E-state index is 11.6. The van der Waals surface area contributed by atoms with Gasteiger partial charge in [-0.2, -0.15) is 0 Å². The summed E-state index contributed by atoms with van der Waals surface area (Å²) in [4.78, 5) is 13.4. The van der Waals surface area contributed by atoms with Crippen molar-refractivity contribution < 1.29 is 4.79 Å². The lowest BCUT2D eigenvalue weighted by Crippen LogP contribution is -2.26. The predicted octanol–water partition coefficient (Wildman–Crippen LogP) is 9.48. The summed E-state index contributed by atoms with van der Waals surface area (Å²) in [6.45, 7) is 6.66. The number of hydrogen-bond acceptors (Lipinski definition) is 1. The Balaban J connectivity index is 1.29. The molecule has 0 unspecified atom stereocenters. The van der Waals surface area contributed by atoms with Crippen molar-refractivity contribution in [2.75, 3.05) is 13.6 Å². The zero-order chi connectivity index (χ0) is 25.6. The monoisotopic (exact) mass is 493 g/mol. The van der Waals surface area contributed by atoms with Crippen LogP contribution in [0.25, 0.3) is 0 Å². The Hall–Kier alpha value is -1.57. The van der Waals surface area contributed by atoms with Crippen LogP contribution < -0.4 is 0 Å². The minimum absolute atomic E-state index is 0.0116. The fourth-order valence-electron chi connectivity index (χ4n) is 7.01. The van der Waals surface area contributed by atoms with E-state index in [9.17, 15) is 4.79 Å². The number of carbonyl (C=O) groups is 1. The van der Waals surface area contributed by atoms with Gasteiger partial charge < -0.3 is 4.90 Å². The smallest absolute Gasteiger partial charge is 0.245 e. The van der Waals surface area contributed by atoms with Crippen LogP contribution in [0, 0.1) is 17.8 Å². The molecule has 0 bridgehead atoms. The lowest BCUT2D eigenvalue weighted by molar-refractivity contribution is -0.124. The van der Waals surface area contributed by atoms with E-state index in [1.165, 1.54) is 114 Å². The van der Waals surface area contributed by atoms with Gasteiger partial charge in [-0.15, -0.1) is 0 Å². The maximum atomic E-state index is 11.6. The molecule has 2 fully saturated rings. The highest BCUT2D eigenvalue weighted by Crippen LogP contribution is 2.44. The van der Waals surface area contributed by atoms with Gasteiger partial charge in [0, 0.05) is 13.6 Å². The van der Waals surface area contributed by atoms with Crippen LogP contribution in [-0.4, -0.2) is 24.4 Å². The molecular weight excluding hydrogens is 438 g/mol. The fourth-order valence-corrected chi connectivity index (χ4v) is 7.01. The van der Waals surface area contributed by atoms with Crippen LogP contribution in [0.3, 0.4) is 0 Å². The molecule has 0 heterocycles. The molecule has 2 nitrogen and oxygen atoms in total. The quantitative estimate of drug-likeness (QED) is 0.176. The molecule has 2 saturated carbocycles. The first-order valence-corrected chi connectivity index (χ1v) is 15.6. The molecule has 36 heavy (non-hydrogen) atoms. The van der Waals surface area contributed by atoms with E-state index in [0.717, 1.165) is 43.1 Å². The Morgan fingerprint density at radius 3 is 2.03 bits per heavy atom. The van der Waals surface area contributed by atoms with Crippen molar-refractivity contribution >= 4 is 5.91 Å². The molecule has 0 atom stereocenters. The van der Waals surface area contributed by atoms with Gasteiger partial charge in [-0.05, 0) is 92.2 Å². The zero-order valence-electron chi connectivity index (χ0n) is 23.7.